The van der Waals surface area contributed by atoms with Gasteiger partial charge in [-0.2, -0.15) is 4.98 Å². The van der Waals surface area contributed by atoms with Gasteiger partial charge in [0.05, 0.1) is 25.5 Å². The summed E-state index contributed by atoms with van der Waals surface area (Å²) < 4.78 is 32.6. The minimum Gasteiger partial charge on any atom is -0.495 e. The summed E-state index contributed by atoms with van der Waals surface area (Å²) in [6.07, 6.45) is 0. The van der Waals surface area contributed by atoms with Gasteiger partial charge in [-0.1, -0.05) is 48.5 Å². The first-order valence-corrected chi connectivity index (χ1v) is 13.9. The standard InChI is InChI=1S/C34H30FN5O4/c1-21-30(33(41)37-26-11-7-8-12-27(26)42-2)31(40-34(36-21)38-32(39-40)23-13-16-25(35)17-14-23)24-15-18-28(29(19-24)43-3)44-20-22-9-5-4-6-10-22/h4-19,31H,20H2,1-3H3,(H,37,41)(H,36,38,39). The maximum atomic E-state index is 14.0. The normalized spacial score (nSPS) is 14.0. The fourth-order valence-corrected chi connectivity index (χ4v) is 5.12. The number of carbonyl (C=O) groups excluding carboxylic acids is 1. The molecule has 4 aromatic carbocycles. The number of fused-ring (bicyclic) bond motifs is 1. The second-order valence-corrected chi connectivity index (χ2v) is 10.1. The number of allylic oxidation sites excluding steroid dienone is 1. The Morgan fingerprint density at radius 2 is 1.64 bits per heavy atom. The van der Waals surface area contributed by atoms with Gasteiger partial charge in [0, 0.05) is 11.3 Å². The van der Waals surface area contributed by atoms with Crippen molar-refractivity contribution in [2.24, 2.45) is 0 Å². The zero-order chi connectivity index (χ0) is 30.6. The number of halogens is 1. The molecule has 0 bridgehead atoms. The highest BCUT2D eigenvalue weighted by atomic mass is 19.1. The first-order valence-electron chi connectivity index (χ1n) is 13.9. The molecule has 1 aromatic heterocycles. The Morgan fingerprint density at radius 3 is 2.39 bits per heavy atom. The number of methoxy groups -OCH3 is 2. The molecule has 2 N–H and O–H groups in total. The Kier molecular flexibility index (Phi) is 7.96. The van der Waals surface area contributed by atoms with Gasteiger partial charge in [0.15, 0.2) is 17.3 Å². The molecule has 0 spiro atoms. The molecule has 1 amide bonds. The molecule has 0 saturated heterocycles. The third kappa shape index (κ3) is 5.69. The van der Waals surface area contributed by atoms with Crippen LogP contribution in [0.5, 0.6) is 17.2 Å². The monoisotopic (exact) mass is 591 g/mol. The molecular weight excluding hydrogens is 561 g/mol. The summed E-state index contributed by atoms with van der Waals surface area (Å²) in [5, 5.41) is 11.0. The number of para-hydroxylation sites is 2. The van der Waals surface area contributed by atoms with Gasteiger partial charge < -0.3 is 24.8 Å². The van der Waals surface area contributed by atoms with Crippen molar-refractivity contribution >= 4 is 17.5 Å². The van der Waals surface area contributed by atoms with Crippen molar-refractivity contribution in [2.45, 2.75) is 19.6 Å². The number of carbonyl (C=O) groups is 1. The fourth-order valence-electron chi connectivity index (χ4n) is 5.12. The average molecular weight is 592 g/mol. The number of amides is 1. The van der Waals surface area contributed by atoms with Crippen molar-refractivity contribution in [1.29, 1.82) is 0 Å². The second kappa shape index (κ2) is 12.3. The average Bonchev–Trinajstić information content (AvgIpc) is 3.47. The van der Waals surface area contributed by atoms with Crippen molar-refractivity contribution in [1.82, 2.24) is 14.8 Å². The minimum absolute atomic E-state index is 0.350. The molecule has 1 aliphatic heterocycles. The van der Waals surface area contributed by atoms with E-state index in [0.29, 0.717) is 58.1 Å². The Balaban J connectivity index is 1.41. The highest BCUT2D eigenvalue weighted by Gasteiger charge is 2.35. The summed E-state index contributed by atoms with van der Waals surface area (Å²) in [6.45, 7) is 2.18. The van der Waals surface area contributed by atoms with Crippen molar-refractivity contribution in [2.75, 3.05) is 24.9 Å². The smallest absolute Gasteiger partial charge is 0.255 e. The molecule has 0 fully saturated rings. The van der Waals surface area contributed by atoms with Crippen LogP contribution in [-0.2, 0) is 11.4 Å². The lowest BCUT2D eigenvalue weighted by atomic mass is 9.94. The van der Waals surface area contributed by atoms with Crippen LogP contribution in [0.4, 0.5) is 16.0 Å². The Bertz CT molecular complexity index is 1840. The summed E-state index contributed by atoms with van der Waals surface area (Å²) in [5.74, 6) is 1.69. The molecule has 1 unspecified atom stereocenters. The summed E-state index contributed by atoms with van der Waals surface area (Å²) in [5.41, 5.74) is 3.91. The molecular formula is C34H30FN5O4. The maximum Gasteiger partial charge on any atom is 0.255 e. The van der Waals surface area contributed by atoms with Crippen LogP contribution in [0, 0.1) is 5.82 Å². The zero-order valence-electron chi connectivity index (χ0n) is 24.4. The van der Waals surface area contributed by atoms with Gasteiger partial charge in [0.2, 0.25) is 5.95 Å². The van der Waals surface area contributed by atoms with E-state index in [-0.39, 0.29) is 11.7 Å². The predicted molar refractivity (Wildman–Crippen MR) is 165 cm³/mol. The highest BCUT2D eigenvalue weighted by molar-refractivity contribution is 6.06. The number of anilines is 2. The summed E-state index contributed by atoms with van der Waals surface area (Å²) in [6, 6.07) is 27.8. The van der Waals surface area contributed by atoms with E-state index in [4.69, 9.17) is 19.3 Å². The minimum atomic E-state index is -0.695. The van der Waals surface area contributed by atoms with Gasteiger partial charge in [-0.15, -0.1) is 5.10 Å². The molecule has 0 saturated carbocycles. The van der Waals surface area contributed by atoms with Crippen molar-refractivity contribution in [3.63, 3.8) is 0 Å². The molecule has 0 aliphatic carbocycles. The van der Waals surface area contributed by atoms with Crippen LogP contribution in [0.1, 0.15) is 24.1 Å². The van der Waals surface area contributed by atoms with Gasteiger partial charge in [0.25, 0.3) is 5.91 Å². The number of hydrogen-bond acceptors (Lipinski definition) is 7. The molecule has 1 atom stereocenters. The fraction of sp³-hybridized carbons (Fsp3) is 0.147. The number of aromatic nitrogens is 3. The summed E-state index contributed by atoms with van der Waals surface area (Å²) >= 11 is 0. The van der Waals surface area contributed by atoms with E-state index in [1.165, 1.54) is 12.1 Å². The number of nitrogens with zero attached hydrogens (tertiary/aromatic N) is 3. The molecule has 9 nitrogen and oxygen atoms in total. The predicted octanol–water partition coefficient (Wildman–Crippen LogP) is 6.61. The molecule has 6 rings (SSSR count). The molecule has 222 valence electrons. The number of benzene rings is 4. The molecule has 0 radical (unpaired) electrons. The molecule has 1 aliphatic rings. The van der Waals surface area contributed by atoms with Crippen LogP contribution >= 0.6 is 0 Å². The van der Waals surface area contributed by atoms with Crippen LogP contribution in [0.15, 0.2) is 108 Å². The van der Waals surface area contributed by atoms with E-state index in [1.54, 1.807) is 43.2 Å². The third-order valence-electron chi connectivity index (χ3n) is 7.30. The van der Waals surface area contributed by atoms with Crippen LogP contribution in [0.25, 0.3) is 11.4 Å². The van der Waals surface area contributed by atoms with Crippen LogP contribution in [-0.4, -0.2) is 34.9 Å². The number of nitrogens with one attached hydrogen (secondary N) is 2. The van der Waals surface area contributed by atoms with Crippen LogP contribution < -0.4 is 24.8 Å². The van der Waals surface area contributed by atoms with Gasteiger partial charge >= 0.3 is 0 Å². The first-order chi connectivity index (χ1) is 21.4. The first kappa shape index (κ1) is 28.5. The summed E-state index contributed by atoms with van der Waals surface area (Å²) in [4.78, 5) is 18.7. The number of ether oxygens (including phenoxy) is 3. The van der Waals surface area contributed by atoms with E-state index in [1.807, 2.05) is 67.6 Å². The Hall–Kier alpha value is -5.64. The van der Waals surface area contributed by atoms with Crippen molar-refractivity contribution < 1.29 is 23.4 Å². The molecule has 5 aromatic rings. The summed E-state index contributed by atoms with van der Waals surface area (Å²) in [7, 11) is 3.12. The van der Waals surface area contributed by atoms with Gasteiger partial charge in [-0.05, 0) is 66.6 Å². The number of hydrogen-bond donors (Lipinski definition) is 2. The van der Waals surface area contributed by atoms with Crippen LogP contribution in [0.2, 0.25) is 0 Å². The second-order valence-electron chi connectivity index (χ2n) is 10.1. The quantitative estimate of drug-likeness (QED) is 0.199. The van der Waals surface area contributed by atoms with Gasteiger partial charge in [-0.3, -0.25) is 4.79 Å². The zero-order valence-corrected chi connectivity index (χ0v) is 24.4. The Morgan fingerprint density at radius 1 is 0.909 bits per heavy atom. The maximum absolute atomic E-state index is 14.0. The Labute approximate surface area is 253 Å². The SMILES string of the molecule is COc1ccccc1NC(=O)C1=C(C)Nc2nc(-c3ccc(F)cc3)nn2C1c1ccc(OCc2ccccc2)c(OC)c1. The van der Waals surface area contributed by atoms with E-state index >= 15 is 0 Å². The lowest BCUT2D eigenvalue weighted by Crippen LogP contribution is -2.31. The van der Waals surface area contributed by atoms with Gasteiger partial charge in [0.1, 0.15) is 24.2 Å². The molecule has 10 heteroatoms. The van der Waals surface area contributed by atoms with E-state index < -0.39 is 6.04 Å². The van der Waals surface area contributed by atoms with E-state index in [0.717, 1.165) is 11.1 Å². The molecule has 2 heterocycles. The largest absolute Gasteiger partial charge is 0.495 e. The van der Waals surface area contributed by atoms with E-state index in [2.05, 4.69) is 15.6 Å². The van der Waals surface area contributed by atoms with Crippen LogP contribution in [0.3, 0.4) is 0 Å². The van der Waals surface area contributed by atoms with E-state index in [9.17, 15) is 9.18 Å². The topological polar surface area (TPSA) is 99.5 Å². The van der Waals surface area contributed by atoms with Gasteiger partial charge in [-0.25, -0.2) is 9.07 Å². The van der Waals surface area contributed by atoms with Crippen molar-refractivity contribution in [3.05, 3.63) is 125 Å². The lowest BCUT2D eigenvalue weighted by Gasteiger charge is -2.29. The lowest BCUT2D eigenvalue weighted by molar-refractivity contribution is -0.113. The highest BCUT2D eigenvalue weighted by Crippen LogP contribution is 2.40. The third-order valence-corrected chi connectivity index (χ3v) is 7.30. The molecule has 44 heavy (non-hydrogen) atoms. The van der Waals surface area contributed by atoms with Crippen molar-refractivity contribution in [3.8, 4) is 28.6 Å². The number of rotatable bonds is 9.